The molecule has 6 atom stereocenters. The van der Waals surface area contributed by atoms with Gasteiger partial charge in [-0.25, -0.2) is 38.4 Å². The number of carbonyl (C=O) groups is 8. The van der Waals surface area contributed by atoms with Crippen molar-refractivity contribution in [3.05, 3.63) is 79.4 Å². The summed E-state index contributed by atoms with van der Waals surface area (Å²) >= 11 is 0. The number of ether oxygens (including phenoxy) is 8. The lowest BCUT2D eigenvalue weighted by Crippen LogP contribution is -2.40. The molecule has 2 heterocycles. The number of para-hydroxylation sites is 1. The fourth-order valence-electron chi connectivity index (χ4n) is 4.07. The molecule has 1 aromatic carbocycles. The highest BCUT2D eigenvalue weighted by Crippen LogP contribution is 2.11. The molecule has 66 heavy (non-hydrogen) atoms. The van der Waals surface area contributed by atoms with Crippen molar-refractivity contribution in [1.82, 2.24) is 9.97 Å². The molecule has 0 aliphatic carbocycles. The lowest BCUT2D eigenvalue weighted by atomic mass is 10.2. The minimum Gasteiger partial charge on any atom is -0.479 e. The Balaban J connectivity index is 0.00000105. The normalized spacial score (nSPS) is 13.2. The third-order valence-electron chi connectivity index (χ3n) is 7.79. The lowest BCUT2D eigenvalue weighted by molar-refractivity contribution is -0.186. The van der Waals surface area contributed by atoms with Crippen molar-refractivity contribution in [3.8, 4) is 0 Å². The largest absolute Gasteiger partial charge is 0.479 e. The molecule has 6 unspecified atom stereocenters. The van der Waals surface area contributed by atoms with Gasteiger partial charge in [0.1, 0.15) is 5.58 Å². The summed E-state index contributed by atoms with van der Waals surface area (Å²) < 4.78 is 43.7. The number of hydrogen-bond acceptors (Lipinski definition) is 20. The second-order valence-corrected chi connectivity index (χ2v) is 14.0. The minimum absolute atomic E-state index is 0. The van der Waals surface area contributed by atoms with Gasteiger partial charge in [0, 0.05) is 24.8 Å². The fourth-order valence-corrected chi connectivity index (χ4v) is 4.07. The van der Waals surface area contributed by atoms with E-state index in [1.54, 1.807) is 39.8 Å². The number of aliphatic carboxylic acids is 2. The van der Waals surface area contributed by atoms with E-state index in [2.05, 4.69) is 9.72 Å². The zero-order valence-electron chi connectivity index (χ0n) is 36.8. The molecule has 0 radical (unpaired) electrons. The summed E-state index contributed by atoms with van der Waals surface area (Å²) in [6.45, 7) is 9.74. The molecule has 0 bridgehead atoms. The molecular formula is C42H56N2O22. The van der Waals surface area contributed by atoms with E-state index < -0.39 is 114 Å². The van der Waals surface area contributed by atoms with Gasteiger partial charge in [-0.05, 0) is 39.8 Å². The predicted molar refractivity (Wildman–Crippen MR) is 225 cm³/mol. The first-order valence-electron chi connectivity index (χ1n) is 19.4. The summed E-state index contributed by atoms with van der Waals surface area (Å²) in [4.78, 5) is 130. The van der Waals surface area contributed by atoms with Crippen molar-refractivity contribution >= 4 is 58.7 Å². The van der Waals surface area contributed by atoms with E-state index in [0.29, 0.717) is 5.58 Å². The number of aromatic amines is 2. The quantitative estimate of drug-likeness (QED) is 0.0711. The number of fused-ring (bicyclic) bond motifs is 1. The molecule has 4 N–H and O–H groups in total. The summed E-state index contributed by atoms with van der Waals surface area (Å²) in [5, 5.41) is 18.5. The van der Waals surface area contributed by atoms with Gasteiger partial charge in [0.15, 0.2) is 24.4 Å². The van der Waals surface area contributed by atoms with Gasteiger partial charge in [-0.2, -0.15) is 0 Å². The van der Waals surface area contributed by atoms with Crippen LogP contribution in [-0.2, 0) is 82.9 Å². The topological polar surface area (TPSA) is 347 Å². The SMILES string of the molecule is C.CC(C)C(=O)OC(C)C(=O)OC(COCc1c[nH]c(=O)[nH]c1=O)C(=O)OC(C)C(=O)O.COCC(OC(=O)C(C)OC(=O)C(C)C)C(=O)OC(C)C(=O)O.O=c1ccc2ccccc2o1. The van der Waals surface area contributed by atoms with Crippen LogP contribution in [0, 0.1) is 11.8 Å². The molecule has 0 aliphatic heterocycles. The Morgan fingerprint density at radius 1 is 0.591 bits per heavy atom. The molecule has 0 amide bonds. The maximum Gasteiger partial charge on any atom is 0.350 e. The van der Waals surface area contributed by atoms with Crippen LogP contribution in [0.15, 0.2) is 61.4 Å². The van der Waals surface area contributed by atoms with E-state index in [4.69, 9.17) is 47.8 Å². The number of carbonyl (C=O) groups excluding carboxylic acids is 6. The number of H-pyrrole nitrogens is 2. The second-order valence-electron chi connectivity index (χ2n) is 14.0. The lowest BCUT2D eigenvalue weighted by Gasteiger charge is -2.20. The second kappa shape index (κ2) is 29.3. The standard InChI is InChI=1S/C18H24N2O11.C14H22O9.C9H6O2.CH4/c1-8(2)15(24)30-10(4)16(25)31-12(17(26)29-9(3)14(22)23)7-28-6-11-5-19-18(27)20-13(11)21;1-7(2)12(17)22-9(4)13(18)23-10(6-20-5)14(19)21-8(3)11(15)16;10-9-6-5-7-3-1-2-4-8(7)11-9;/h5,8-10,12H,6-7H2,1-4H3,(H,22,23)(H2,19,20,21,27);7-10H,6H2,1-5H3,(H,15,16);1-6H;1H4. The molecule has 0 saturated heterocycles. The van der Waals surface area contributed by atoms with E-state index in [1.165, 1.54) is 27.0 Å². The molecule has 3 rings (SSSR count). The highest BCUT2D eigenvalue weighted by molar-refractivity contribution is 5.86. The van der Waals surface area contributed by atoms with Gasteiger partial charge in [-0.15, -0.1) is 0 Å². The smallest absolute Gasteiger partial charge is 0.350 e. The number of hydrogen-bond donors (Lipinski definition) is 4. The zero-order chi connectivity index (χ0) is 49.6. The van der Waals surface area contributed by atoms with Crippen LogP contribution in [-0.4, -0.2) is 125 Å². The van der Waals surface area contributed by atoms with Gasteiger partial charge >= 0.3 is 59.1 Å². The Labute approximate surface area is 376 Å². The Bertz CT molecular complexity index is 2280. The Hall–Kier alpha value is -7.21. The summed E-state index contributed by atoms with van der Waals surface area (Å²) in [5.41, 5.74) is -1.11. The first kappa shape index (κ1) is 58.8. The molecule has 3 aromatic rings. The molecule has 24 heteroatoms. The van der Waals surface area contributed by atoms with Crippen LogP contribution in [0.4, 0.5) is 0 Å². The summed E-state index contributed by atoms with van der Waals surface area (Å²) in [6.07, 6.45) is -7.60. The van der Waals surface area contributed by atoms with Crippen LogP contribution in [0.2, 0.25) is 0 Å². The van der Waals surface area contributed by atoms with Crippen molar-refractivity contribution in [2.75, 3.05) is 20.3 Å². The number of carboxylic acids is 2. The Morgan fingerprint density at radius 2 is 1.05 bits per heavy atom. The molecule has 2 aromatic heterocycles. The number of benzene rings is 1. The van der Waals surface area contributed by atoms with Gasteiger partial charge in [-0.1, -0.05) is 53.3 Å². The summed E-state index contributed by atoms with van der Waals surface area (Å²) in [7, 11) is 1.26. The van der Waals surface area contributed by atoms with Gasteiger partial charge < -0.3 is 57.5 Å². The molecule has 0 saturated carbocycles. The molecule has 0 aliphatic rings. The van der Waals surface area contributed by atoms with E-state index in [1.807, 2.05) is 23.2 Å². The van der Waals surface area contributed by atoms with Gasteiger partial charge in [0.2, 0.25) is 12.2 Å². The predicted octanol–water partition coefficient (Wildman–Crippen LogP) is 1.67. The van der Waals surface area contributed by atoms with E-state index in [-0.39, 0.29) is 31.8 Å². The molecule has 0 fully saturated rings. The number of aromatic nitrogens is 2. The van der Waals surface area contributed by atoms with Crippen LogP contribution in [0.25, 0.3) is 11.0 Å². The van der Waals surface area contributed by atoms with E-state index >= 15 is 0 Å². The van der Waals surface area contributed by atoms with Crippen LogP contribution in [0.3, 0.4) is 0 Å². The molecule has 366 valence electrons. The number of nitrogens with one attached hydrogen (secondary N) is 2. The monoisotopic (exact) mass is 940 g/mol. The number of rotatable bonds is 20. The van der Waals surface area contributed by atoms with Gasteiger partial charge in [0.25, 0.3) is 5.56 Å². The molecular weight excluding hydrogens is 884 g/mol. The van der Waals surface area contributed by atoms with Crippen LogP contribution < -0.4 is 16.9 Å². The maximum atomic E-state index is 12.2. The third kappa shape index (κ3) is 21.4. The molecule has 24 nitrogen and oxygen atoms in total. The van der Waals surface area contributed by atoms with Crippen molar-refractivity contribution in [2.45, 2.75) is 106 Å². The van der Waals surface area contributed by atoms with Crippen molar-refractivity contribution < 1.29 is 90.9 Å². The fraction of sp³-hybridized carbons (Fsp3) is 0.500. The Morgan fingerprint density at radius 3 is 1.48 bits per heavy atom. The zero-order valence-corrected chi connectivity index (χ0v) is 36.8. The van der Waals surface area contributed by atoms with Crippen LogP contribution in [0.5, 0.6) is 0 Å². The van der Waals surface area contributed by atoms with E-state index in [9.17, 15) is 52.7 Å². The number of methoxy groups -OCH3 is 1. The van der Waals surface area contributed by atoms with Gasteiger partial charge in [0.05, 0.1) is 37.2 Å². The highest BCUT2D eigenvalue weighted by Gasteiger charge is 2.33. The number of carboxylic acid groups (broad SMARTS) is 2. The van der Waals surface area contributed by atoms with Crippen molar-refractivity contribution in [2.24, 2.45) is 11.8 Å². The summed E-state index contributed by atoms with van der Waals surface area (Å²) in [5.74, 6) is -9.34. The average molecular weight is 941 g/mol. The minimum atomic E-state index is -1.71. The highest BCUT2D eigenvalue weighted by atomic mass is 16.6. The maximum absolute atomic E-state index is 12.2. The van der Waals surface area contributed by atoms with Crippen LogP contribution >= 0.6 is 0 Å². The van der Waals surface area contributed by atoms with Crippen LogP contribution in [0.1, 0.15) is 68.4 Å². The summed E-state index contributed by atoms with van der Waals surface area (Å²) in [6, 6.07) is 10.6. The van der Waals surface area contributed by atoms with E-state index in [0.717, 1.165) is 25.4 Å². The van der Waals surface area contributed by atoms with Crippen molar-refractivity contribution in [1.29, 1.82) is 0 Å². The average Bonchev–Trinajstić information content (AvgIpc) is 3.23. The number of esters is 6. The first-order chi connectivity index (χ1) is 30.4. The molecule has 0 spiro atoms. The third-order valence-corrected chi connectivity index (χ3v) is 7.79. The first-order valence-corrected chi connectivity index (χ1v) is 19.4. The van der Waals surface area contributed by atoms with Crippen molar-refractivity contribution in [3.63, 3.8) is 0 Å². The Kier molecular flexibility index (Phi) is 26.1. The van der Waals surface area contributed by atoms with Gasteiger partial charge in [-0.3, -0.25) is 19.4 Å².